The van der Waals surface area contributed by atoms with Crippen LogP contribution in [0.2, 0.25) is 0 Å². The van der Waals surface area contributed by atoms with Crippen LogP contribution in [0.5, 0.6) is 11.5 Å². The van der Waals surface area contributed by atoms with Gasteiger partial charge in [-0.25, -0.2) is 0 Å². The number of carboxylic acid groups (broad SMARTS) is 1. The summed E-state index contributed by atoms with van der Waals surface area (Å²) in [5.41, 5.74) is 1.40. The number of phenols is 1. The van der Waals surface area contributed by atoms with Crippen LogP contribution >= 0.6 is 0 Å². The number of hydrogen-bond donors (Lipinski definition) is 2. The minimum absolute atomic E-state index is 0.0637. The van der Waals surface area contributed by atoms with Gasteiger partial charge < -0.3 is 14.9 Å². The first-order valence-corrected chi connectivity index (χ1v) is 6.25. The summed E-state index contributed by atoms with van der Waals surface area (Å²) < 4.78 is 5.24. The lowest BCUT2D eigenvalue weighted by Gasteiger charge is -2.15. The fourth-order valence-corrected chi connectivity index (χ4v) is 2.18. The van der Waals surface area contributed by atoms with Crippen LogP contribution in [0.4, 0.5) is 0 Å². The van der Waals surface area contributed by atoms with Gasteiger partial charge >= 0.3 is 5.97 Å². The van der Waals surface area contributed by atoms with Gasteiger partial charge in [-0.15, -0.1) is 0 Å². The molecule has 1 atom stereocenters. The van der Waals surface area contributed by atoms with E-state index in [1.807, 2.05) is 18.2 Å². The lowest BCUT2D eigenvalue weighted by atomic mass is 9.91. The van der Waals surface area contributed by atoms with Crippen molar-refractivity contribution < 1.29 is 19.7 Å². The number of rotatable bonds is 5. The summed E-state index contributed by atoms with van der Waals surface area (Å²) in [6.07, 6.45) is 0.308. The van der Waals surface area contributed by atoms with Crippen molar-refractivity contribution in [3.8, 4) is 11.5 Å². The zero-order valence-electron chi connectivity index (χ0n) is 11.1. The van der Waals surface area contributed by atoms with Crippen LogP contribution in [0.15, 0.2) is 48.5 Å². The van der Waals surface area contributed by atoms with Crippen LogP contribution in [0.1, 0.15) is 17.0 Å². The van der Waals surface area contributed by atoms with Crippen molar-refractivity contribution in [3.05, 3.63) is 59.7 Å². The lowest BCUT2D eigenvalue weighted by Crippen LogP contribution is -2.14. The average molecular weight is 272 g/mol. The van der Waals surface area contributed by atoms with Gasteiger partial charge in [0.25, 0.3) is 0 Å². The molecular formula is C16H16O4. The zero-order valence-corrected chi connectivity index (χ0v) is 11.1. The third-order valence-electron chi connectivity index (χ3n) is 3.19. The highest BCUT2D eigenvalue weighted by Crippen LogP contribution is 2.28. The second kappa shape index (κ2) is 6.10. The van der Waals surface area contributed by atoms with Gasteiger partial charge in [0.2, 0.25) is 0 Å². The van der Waals surface area contributed by atoms with E-state index in [4.69, 9.17) is 4.74 Å². The van der Waals surface area contributed by atoms with Crippen LogP contribution in [0, 0.1) is 0 Å². The molecule has 104 valence electrons. The van der Waals surface area contributed by atoms with Crippen molar-refractivity contribution in [2.24, 2.45) is 0 Å². The normalized spacial score (nSPS) is 11.8. The van der Waals surface area contributed by atoms with E-state index >= 15 is 0 Å². The Hall–Kier alpha value is -2.49. The number of carboxylic acids is 1. The average Bonchev–Trinajstić information content (AvgIpc) is 2.44. The second-order valence-electron chi connectivity index (χ2n) is 4.50. The number of hydrogen-bond acceptors (Lipinski definition) is 3. The van der Waals surface area contributed by atoms with Gasteiger partial charge in [-0.2, -0.15) is 0 Å². The number of para-hydroxylation sites is 1. The van der Waals surface area contributed by atoms with E-state index in [9.17, 15) is 15.0 Å². The van der Waals surface area contributed by atoms with Crippen molar-refractivity contribution >= 4 is 5.97 Å². The molecular weight excluding hydrogens is 256 g/mol. The van der Waals surface area contributed by atoms with E-state index in [0.29, 0.717) is 17.7 Å². The lowest BCUT2D eigenvalue weighted by molar-refractivity contribution is -0.138. The Balaban J connectivity index is 2.33. The molecule has 4 heteroatoms. The minimum Gasteiger partial charge on any atom is -0.508 e. The van der Waals surface area contributed by atoms with Crippen LogP contribution in [0.3, 0.4) is 0 Å². The minimum atomic E-state index is -0.929. The first-order valence-electron chi connectivity index (χ1n) is 6.25. The molecule has 0 heterocycles. The summed E-state index contributed by atoms with van der Waals surface area (Å²) in [5.74, 6) is -0.924. The van der Waals surface area contributed by atoms with Gasteiger partial charge in [0.05, 0.1) is 13.0 Å². The molecule has 0 bridgehead atoms. The molecule has 20 heavy (non-hydrogen) atoms. The molecule has 2 aromatic rings. The number of ether oxygens (including phenoxy) is 1. The quantitative estimate of drug-likeness (QED) is 0.878. The van der Waals surface area contributed by atoms with Crippen molar-refractivity contribution in [2.45, 2.75) is 12.3 Å². The van der Waals surface area contributed by atoms with Crippen molar-refractivity contribution in [2.75, 3.05) is 7.11 Å². The van der Waals surface area contributed by atoms with Gasteiger partial charge in [-0.05, 0) is 35.7 Å². The second-order valence-corrected chi connectivity index (χ2v) is 4.50. The van der Waals surface area contributed by atoms with Crippen LogP contribution < -0.4 is 4.74 Å². The summed E-state index contributed by atoms with van der Waals surface area (Å²) in [6, 6.07) is 13.7. The molecule has 0 amide bonds. The van der Waals surface area contributed by atoms with E-state index in [1.165, 1.54) is 12.1 Å². The third-order valence-corrected chi connectivity index (χ3v) is 3.19. The Kier molecular flexibility index (Phi) is 4.25. The van der Waals surface area contributed by atoms with Gasteiger partial charge in [0, 0.05) is 0 Å². The van der Waals surface area contributed by atoms with E-state index < -0.39 is 11.9 Å². The maximum Gasteiger partial charge on any atom is 0.311 e. The SMILES string of the molecule is COc1ccccc1CC(C(=O)O)c1cccc(O)c1. The largest absolute Gasteiger partial charge is 0.508 e. The molecule has 0 saturated carbocycles. The monoisotopic (exact) mass is 272 g/mol. The summed E-state index contributed by atoms with van der Waals surface area (Å²) in [6.45, 7) is 0. The topological polar surface area (TPSA) is 66.8 Å². The standard InChI is InChI=1S/C16H16O4/c1-20-15-8-3-2-5-12(15)10-14(16(18)19)11-6-4-7-13(17)9-11/h2-9,14,17H,10H2,1H3,(H,18,19). The van der Waals surface area contributed by atoms with E-state index in [0.717, 1.165) is 5.56 Å². The van der Waals surface area contributed by atoms with Gasteiger partial charge in [-0.3, -0.25) is 4.79 Å². The Morgan fingerprint density at radius 1 is 1.20 bits per heavy atom. The molecule has 0 spiro atoms. The maximum absolute atomic E-state index is 11.5. The molecule has 0 aliphatic heterocycles. The molecule has 2 N–H and O–H groups in total. The summed E-state index contributed by atoms with van der Waals surface area (Å²) in [5, 5.41) is 18.9. The van der Waals surface area contributed by atoms with Crippen LogP contribution in [0.25, 0.3) is 0 Å². The van der Waals surface area contributed by atoms with E-state index in [2.05, 4.69) is 0 Å². The number of methoxy groups -OCH3 is 1. The number of aromatic hydroxyl groups is 1. The number of carbonyl (C=O) groups is 1. The Morgan fingerprint density at radius 2 is 1.95 bits per heavy atom. The molecule has 0 saturated heterocycles. The highest BCUT2D eigenvalue weighted by molar-refractivity contribution is 5.77. The molecule has 0 aliphatic carbocycles. The Labute approximate surface area is 117 Å². The van der Waals surface area contributed by atoms with Crippen LogP contribution in [-0.2, 0) is 11.2 Å². The maximum atomic E-state index is 11.5. The number of benzene rings is 2. The predicted molar refractivity (Wildman–Crippen MR) is 75.2 cm³/mol. The predicted octanol–water partition coefficient (Wildman–Crippen LogP) is 2.81. The van der Waals surface area contributed by atoms with Gasteiger partial charge in [-0.1, -0.05) is 30.3 Å². The molecule has 0 aliphatic rings. The highest BCUT2D eigenvalue weighted by Gasteiger charge is 2.22. The molecule has 2 aromatic carbocycles. The Bertz CT molecular complexity index is 607. The molecule has 1 unspecified atom stereocenters. The van der Waals surface area contributed by atoms with E-state index in [-0.39, 0.29) is 5.75 Å². The zero-order chi connectivity index (χ0) is 14.5. The fourth-order valence-electron chi connectivity index (χ4n) is 2.18. The number of phenolic OH excluding ortho intramolecular Hbond substituents is 1. The molecule has 0 fully saturated rings. The van der Waals surface area contributed by atoms with E-state index in [1.54, 1.807) is 25.3 Å². The Morgan fingerprint density at radius 3 is 2.60 bits per heavy atom. The summed E-state index contributed by atoms with van der Waals surface area (Å²) in [7, 11) is 1.56. The van der Waals surface area contributed by atoms with Gasteiger partial charge in [0.1, 0.15) is 11.5 Å². The van der Waals surface area contributed by atoms with Crippen LogP contribution in [-0.4, -0.2) is 23.3 Å². The van der Waals surface area contributed by atoms with Gasteiger partial charge in [0.15, 0.2) is 0 Å². The first-order chi connectivity index (χ1) is 9.61. The molecule has 0 aromatic heterocycles. The fraction of sp³-hybridized carbons (Fsp3) is 0.188. The molecule has 4 nitrogen and oxygen atoms in total. The van der Waals surface area contributed by atoms with Crippen molar-refractivity contribution in [3.63, 3.8) is 0 Å². The van der Waals surface area contributed by atoms with Crippen molar-refractivity contribution in [1.29, 1.82) is 0 Å². The third kappa shape index (κ3) is 3.09. The smallest absolute Gasteiger partial charge is 0.311 e. The highest BCUT2D eigenvalue weighted by atomic mass is 16.5. The molecule has 0 radical (unpaired) electrons. The summed E-state index contributed by atoms with van der Waals surface area (Å²) in [4.78, 5) is 11.5. The van der Waals surface area contributed by atoms with Crippen molar-refractivity contribution in [1.82, 2.24) is 0 Å². The first kappa shape index (κ1) is 13.9. The number of aliphatic carboxylic acids is 1. The summed E-state index contributed by atoms with van der Waals surface area (Å²) >= 11 is 0. The molecule has 2 rings (SSSR count).